The Balaban J connectivity index is 0.00000300. The van der Waals surface area contributed by atoms with Gasteiger partial charge in [-0.05, 0) is 58.6 Å². The van der Waals surface area contributed by atoms with Crippen LogP contribution in [0.25, 0.3) is 0 Å². The maximum absolute atomic E-state index is 15.2. The molecule has 0 saturated heterocycles. The Morgan fingerprint density at radius 1 is 1.17 bits per heavy atom. The molecular formula is C19H10ClFIN2O4W+. The van der Waals surface area contributed by atoms with Crippen molar-refractivity contribution < 1.29 is 39.9 Å². The number of anilines is 2. The monoisotopic (exact) mass is 695 g/mol. The number of ether oxygens (including phenoxy) is 1. The van der Waals surface area contributed by atoms with Gasteiger partial charge in [0.05, 0.1) is 16.2 Å². The summed E-state index contributed by atoms with van der Waals surface area (Å²) in [6, 6.07) is 13.9. The van der Waals surface area contributed by atoms with Crippen LogP contribution in [0.4, 0.5) is 21.5 Å². The molecule has 10 heteroatoms. The molecule has 0 heterocycles. The number of para-hydroxylation sites is 1. The van der Waals surface area contributed by atoms with E-state index in [1.54, 1.807) is 36.4 Å². The molecule has 0 spiro atoms. The van der Waals surface area contributed by atoms with Crippen LogP contribution in [0.15, 0.2) is 54.6 Å². The topological polar surface area (TPSA) is 81.5 Å². The summed E-state index contributed by atoms with van der Waals surface area (Å²) in [7, 11) is 0. The molecule has 0 atom stereocenters. The molecule has 1 N–H and O–H groups in total. The summed E-state index contributed by atoms with van der Waals surface area (Å²) in [6.07, 6.45) is 1.52. The van der Waals surface area contributed by atoms with E-state index in [0.717, 1.165) is 9.64 Å². The maximum Gasteiger partial charge on any atom is 2.00 e. The van der Waals surface area contributed by atoms with Crippen LogP contribution in [0.5, 0.6) is 11.5 Å². The molecule has 6 nitrogen and oxygen atoms in total. The van der Waals surface area contributed by atoms with E-state index in [9.17, 15) is 14.9 Å². The van der Waals surface area contributed by atoms with Crippen LogP contribution in [0.1, 0.15) is 5.56 Å². The Labute approximate surface area is 198 Å². The van der Waals surface area contributed by atoms with E-state index in [4.69, 9.17) is 16.3 Å². The molecule has 0 radical (unpaired) electrons. The average molecular weight is 695 g/mol. The molecular weight excluding hydrogens is 685 g/mol. The van der Waals surface area contributed by atoms with Gasteiger partial charge in [-0.15, -0.1) is 5.56 Å². The number of nitrogens with one attached hydrogen (secondary N) is 1. The first-order chi connectivity index (χ1) is 13.4. The molecule has 0 aliphatic rings. The first-order valence-electron chi connectivity index (χ1n) is 7.74. The Hall–Kier alpha value is -2.03. The molecule has 0 amide bonds. The maximum atomic E-state index is 15.2. The second-order valence-corrected chi connectivity index (χ2v) is 7.14. The van der Waals surface area contributed by atoms with E-state index in [0.29, 0.717) is 5.69 Å². The second kappa shape index (κ2) is 10.1. The summed E-state index contributed by atoms with van der Waals surface area (Å²) in [5.41, 5.74) is -1.06. The molecule has 3 rings (SSSR count). The zero-order chi connectivity index (χ0) is 20.3. The third-order valence-corrected chi connectivity index (χ3v) is 4.65. The van der Waals surface area contributed by atoms with Gasteiger partial charge >= 0.3 is 21.1 Å². The van der Waals surface area contributed by atoms with Crippen molar-refractivity contribution in [3.8, 4) is 11.5 Å². The third kappa shape index (κ3) is 5.32. The molecule has 0 aliphatic heterocycles. The predicted octanol–water partition coefficient (Wildman–Crippen LogP) is 5.98. The zero-order valence-electron chi connectivity index (χ0n) is 14.3. The molecule has 0 bridgehead atoms. The number of halogens is 3. The summed E-state index contributed by atoms with van der Waals surface area (Å²) in [5.74, 6) is -1.53. The molecule has 0 unspecified atom stereocenters. The van der Waals surface area contributed by atoms with Gasteiger partial charge in [0.1, 0.15) is 11.6 Å². The van der Waals surface area contributed by atoms with Gasteiger partial charge in [0.25, 0.3) is 5.69 Å². The minimum absolute atomic E-state index is 0. The van der Waals surface area contributed by atoms with Crippen LogP contribution in [0.3, 0.4) is 0 Å². The van der Waals surface area contributed by atoms with E-state index < -0.39 is 22.2 Å². The fraction of sp³-hybridized carbons (Fsp3) is 0. The summed E-state index contributed by atoms with van der Waals surface area (Å²) in [4.78, 5) is 21.9. The summed E-state index contributed by atoms with van der Waals surface area (Å²) in [5, 5.41) is 14.4. The standard InChI is InChI=1S/C19H10ClFIN2O4.W/c20-14-9-12(22)6-7-15(14)23-18-11(10-25)8-16(24(26)27)19(17(18)21)28-13-4-2-1-3-5-13;/h1-9,23H;/q-1;+2. The van der Waals surface area contributed by atoms with Crippen molar-refractivity contribution in [3.05, 3.63) is 84.7 Å². The Morgan fingerprint density at radius 3 is 2.45 bits per heavy atom. The van der Waals surface area contributed by atoms with Crippen LogP contribution in [-0.4, -0.2) is 11.2 Å². The summed E-state index contributed by atoms with van der Waals surface area (Å²) in [6.45, 7) is 0. The number of rotatable bonds is 6. The van der Waals surface area contributed by atoms with Crippen molar-refractivity contribution in [2.45, 2.75) is 0 Å². The van der Waals surface area contributed by atoms with Gasteiger partial charge in [-0.25, -0.2) is 4.39 Å². The number of benzene rings is 3. The Morgan fingerprint density at radius 2 is 1.86 bits per heavy atom. The molecule has 3 aromatic rings. The van der Waals surface area contributed by atoms with Gasteiger partial charge < -0.3 is 14.8 Å². The summed E-state index contributed by atoms with van der Waals surface area (Å²) < 4.78 is 21.5. The average Bonchev–Trinajstić information content (AvgIpc) is 2.67. The van der Waals surface area contributed by atoms with Gasteiger partial charge in [0, 0.05) is 9.26 Å². The van der Waals surface area contributed by atoms with Gasteiger partial charge in [0.15, 0.2) is 0 Å². The van der Waals surface area contributed by atoms with E-state index in [-0.39, 0.29) is 43.1 Å². The predicted molar refractivity (Wildman–Crippen MR) is 112 cm³/mol. The minimum Gasteiger partial charge on any atom is -0.449 e. The van der Waals surface area contributed by atoms with E-state index in [1.165, 1.54) is 18.4 Å². The molecule has 0 aliphatic carbocycles. The number of carbonyl (C=O) groups excluding carboxylic acids is 1. The van der Waals surface area contributed by atoms with E-state index in [2.05, 4.69) is 27.9 Å². The number of nitro benzene ring substituents is 1. The molecule has 0 fully saturated rings. The molecule has 3 aromatic carbocycles. The van der Waals surface area contributed by atoms with Crippen LogP contribution < -0.4 is 10.1 Å². The molecule has 0 saturated carbocycles. The van der Waals surface area contributed by atoms with Crippen LogP contribution >= 0.6 is 34.2 Å². The quantitative estimate of drug-likeness (QED) is 0.149. The van der Waals surface area contributed by atoms with Gasteiger partial charge in [-0.3, -0.25) is 10.1 Å². The van der Waals surface area contributed by atoms with Crippen molar-refractivity contribution in [1.29, 1.82) is 0 Å². The van der Waals surface area contributed by atoms with Gasteiger partial charge in [-0.1, -0.05) is 35.9 Å². The largest absolute Gasteiger partial charge is 2.00 e. The number of nitrogens with zero attached hydrogens (tertiary/aromatic N) is 1. The summed E-state index contributed by atoms with van der Waals surface area (Å²) >= 11 is 8.21. The second-order valence-electron chi connectivity index (χ2n) is 5.48. The smallest absolute Gasteiger partial charge is 0.449 e. The first kappa shape index (κ1) is 23.2. The van der Waals surface area contributed by atoms with Crippen LogP contribution in [0, 0.1) is 19.5 Å². The van der Waals surface area contributed by atoms with Gasteiger partial charge in [-0.2, -0.15) is 0 Å². The van der Waals surface area contributed by atoms with Crippen molar-refractivity contribution in [3.63, 3.8) is 0 Å². The van der Waals surface area contributed by atoms with Crippen LogP contribution in [-0.2, 0) is 25.9 Å². The minimum atomic E-state index is -1.11. The molecule has 0 aromatic heterocycles. The van der Waals surface area contributed by atoms with Crippen molar-refractivity contribution in [1.82, 2.24) is 0 Å². The number of hydrogen-bond acceptors (Lipinski definition) is 5. The molecule has 146 valence electrons. The van der Waals surface area contributed by atoms with Gasteiger partial charge in [0.2, 0.25) is 5.75 Å². The fourth-order valence-corrected chi connectivity index (χ4v) is 3.29. The SMILES string of the molecule is O=[C-]c1cc([N+](=O)[O-])c(Oc2ccccc2)c(F)c1Nc1ccc(I)cc1Cl.[W+2]. The van der Waals surface area contributed by atoms with E-state index in [1.807, 2.05) is 0 Å². The number of hydrogen-bond donors (Lipinski definition) is 1. The Kier molecular flexibility index (Phi) is 8.12. The van der Waals surface area contributed by atoms with Crippen molar-refractivity contribution in [2.75, 3.05) is 5.32 Å². The van der Waals surface area contributed by atoms with Crippen molar-refractivity contribution in [2.24, 2.45) is 0 Å². The first-order valence-corrected chi connectivity index (χ1v) is 9.20. The normalized spacial score (nSPS) is 10.0. The zero-order valence-corrected chi connectivity index (χ0v) is 20.2. The molecule has 29 heavy (non-hydrogen) atoms. The van der Waals surface area contributed by atoms with E-state index >= 15 is 4.39 Å². The number of nitro groups is 1. The Bertz CT molecular complexity index is 1070. The van der Waals surface area contributed by atoms with Crippen molar-refractivity contribution >= 4 is 57.5 Å². The fourth-order valence-electron chi connectivity index (χ4n) is 2.39. The third-order valence-electron chi connectivity index (χ3n) is 3.66. The van der Waals surface area contributed by atoms with Crippen LogP contribution in [0.2, 0.25) is 5.02 Å².